The van der Waals surface area contributed by atoms with Crippen LogP contribution >= 0.6 is 11.6 Å². The highest BCUT2D eigenvalue weighted by Crippen LogP contribution is 2.13. The van der Waals surface area contributed by atoms with Crippen LogP contribution in [0.15, 0.2) is 78.9 Å². The highest BCUT2D eigenvalue weighted by Gasteiger charge is 2.11. The van der Waals surface area contributed by atoms with Gasteiger partial charge in [0, 0.05) is 27.4 Å². The molecule has 28 heavy (non-hydrogen) atoms. The Morgan fingerprint density at radius 1 is 0.607 bits per heavy atom. The van der Waals surface area contributed by atoms with Crippen LogP contribution in [0.2, 0.25) is 5.02 Å². The molecular formula is C21H16ClN3O3. The molecule has 3 rings (SSSR count). The van der Waals surface area contributed by atoms with Gasteiger partial charge in [-0.2, -0.15) is 0 Å². The van der Waals surface area contributed by atoms with Gasteiger partial charge in [0.05, 0.1) is 0 Å². The number of rotatable bonds is 4. The van der Waals surface area contributed by atoms with Crippen LogP contribution in [0.4, 0.5) is 5.69 Å². The van der Waals surface area contributed by atoms with Crippen LogP contribution in [-0.4, -0.2) is 17.7 Å². The maximum absolute atomic E-state index is 12.3. The molecule has 0 heterocycles. The zero-order valence-electron chi connectivity index (χ0n) is 14.6. The van der Waals surface area contributed by atoms with Crippen molar-refractivity contribution in [3.8, 4) is 0 Å². The summed E-state index contributed by atoms with van der Waals surface area (Å²) in [5.41, 5.74) is 6.28. The van der Waals surface area contributed by atoms with Crippen LogP contribution in [0, 0.1) is 0 Å². The molecule has 0 atom stereocenters. The number of halogens is 1. The first-order valence-electron chi connectivity index (χ1n) is 8.35. The molecule has 0 unspecified atom stereocenters. The summed E-state index contributed by atoms with van der Waals surface area (Å²) in [4.78, 5) is 36.5. The predicted octanol–water partition coefficient (Wildman–Crippen LogP) is 3.67. The zero-order valence-corrected chi connectivity index (χ0v) is 15.4. The van der Waals surface area contributed by atoms with E-state index in [1.165, 1.54) is 6.07 Å². The number of nitrogens with one attached hydrogen (secondary N) is 3. The first-order valence-corrected chi connectivity index (χ1v) is 8.73. The highest BCUT2D eigenvalue weighted by atomic mass is 35.5. The number of anilines is 1. The number of amides is 3. The lowest BCUT2D eigenvalue weighted by molar-refractivity contribution is 0.0846. The van der Waals surface area contributed by atoms with Crippen molar-refractivity contribution in [3.05, 3.63) is 101 Å². The molecule has 6 nitrogen and oxygen atoms in total. The van der Waals surface area contributed by atoms with Crippen molar-refractivity contribution in [2.45, 2.75) is 0 Å². The summed E-state index contributed by atoms with van der Waals surface area (Å²) >= 11 is 5.78. The third-order valence-corrected chi connectivity index (χ3v) is 4.07. The summed E-state index contributed by atoms with van der Waals surface area (Å²) < 4.78 is 0. The minimum atomic E-state index is -0.516. The van der Waals surface area contributed by atoms with E-state index in [0.29, 0.717) is 21.8 Å². The van der Waals surface area contributed by atoms with E-state index in [1.54, 1.807) is 66.7 Å². The molecule has 0 bridgehead atoms. The van der Waals surface area contributed by atoms with E-state index >= 15 is 0 Å². The van der Waals surface area contributed by atoms with E-state index in [4.69, 9.17) is 11.6 Å². The van der Waals surface area contributed by atoms with Gasteiger partial charge in [-0.25, -0.2) is 0 Å². The van der Waals surface area contributed by atoms with Crippen LogP contribution in [0.1, 0.15) is 31.1 Å². The normalized spacial score (nSPS) is 10.0. The fourth-order valence-electron chi connectivity index (χ4n) is 2.39. The van der Waals surface area contributed by atoms with Crippen LogP contribution in [0.3, 0.4) is 0 Å². The van der Waals surface area contributed by atoms with Crippen LogP contribution < -0.4 is 16.2 Å². The highest BCUT2D eigenvalue weighted by molar-refractivity contribution is 6.30. The van der Waals surface area contributed by atoms with Crippen molar-refractivity contribution in [2.24, 2.45) is 0 Å². The number of carbonyl (C=O) groups excluding carboxylic acids is 3. The topological polar surface area (TPSA) is 87.3 Å². The average molecular weight is 394 g/mol. The number of benzene rings is 3. The first-order chi connectivity index (χ1) is 13.5. The van der Waals surface area contributed by atoms with E-state index in [-0.39, 0.29) is 11.5 Å². The van der Waals surface area contributed by atoms with Gasteiger partial charge in [-0.1, -0.05) is 35.9 Å². The number of hydrazine groups is 1. The number of hydrogen-bond acceptors (Lipinski definition) is 3. The van der Waals surface area contributed by atoms with Crippen LogP contribution in [0.25, 0.3) is 0 Å². The SMILES string of the molecule is O=C(NNC(=O)c1cccc(NC(=O)c2ccccc2)c1)c1ccc(Cl)cc1. The number of carbonyl (C=O) groups is 3. The van der Waals surface area contributed by atoms with Crippen molar-refractivity contribution in [1.82, 2.24) is 10.9 Å². The molecule has 0 aliphatic rings. The van der Waals surface area contributed by atoms with Gasteiger partial charge in [-0.05, 0) is 54.6 Å². The summed E-state index contributed by atoms with van der Waals surface area (Å²) in [6.45, 7) is 0. The maximum Gasteiger partial charge on any atom is 0.269 e. The molecule has 140 valence electrons. The Balaban J connectivity index is 1.61. The second-order valence-electron chi connectivity index (χ2n) is 5.82. The zero-order chi connectivity index (χ0) is 19.9. The molecule has 7 heteroatoms. The third kappa shape index (κ3) is 4.96. The Kier molecular flexibility index (Phi) is 6.04. The molecule has 0 spiro atoms. The van der Waals surface area contributed by atoms with Crippen LogP contribution in [-0.2, 0) is 0 Å². The largest absolute Gasteiger partial charge is 0.322 e. The molecule has 3 aromatic carbocycles. The Bertz CT molecular complexity index is 1000. The molecule has 0 aromatic heterocycles. The van der Waals surface area contributed by atoms with E-state index in [1.807, 2.05) is 6.07 Å². The molecule has 0 aliphatic carbocycles. The summed E-state index contributed by atoms with van der Waals surface area (Å²) in [5.74, 6) is -1.27. The molecule has 3 amide bonds. The Labute approximate surface area is 166 Å². The summed E-state index contributed by atoms with van der Waals surface area (Å²) in [5, 5.41) is 3.24. The van der Waals surface area contributed by atoms with Crippen molar-refractivity contribution >= 4 is 35.0 Å². The Morgan fingerprint density at radius 2 is 1.18 bits per heavy atom. The van der Waals surface area contributed by atoms with E-state index in [2.05, 4.69) is 16.2 Å². The lowest BCUT2D eigenvalue weighted by atomic mass is 10.1. The van der Waals surface area contributed by atoms with E-state index in [0.717, 1.165) is 0 Å². The van der Waals surface area contributed by atoms with E-state index < -0.39 is 11.8 Å². The molecule has 3 aromatic rings. The second-order valence-corrected chi connectivity index (χ2v) is 6.25. The minimum absolute atomic E-state index is 0.280. The average Bonchev–Trinajstić information content (AvgIpc) is 2.73. The van der Waals surface area contributed by atoms with Gasteiger partial charge in [0.2, 0.25) is 0 Å². The van der Waals surface area contributed by atoms with Crippen molar-refractivity contribution < 1.29 is 14.4 Å². The summed E-state index contributed by atoms with van der Waals surface area (Å²) in [7, 11) is 0. The molecule has 0 aliphatic heterocycles. The van der Waals surface area contributed by atoms with Crippen molar-refractivity contribution in [1.29, 1.82) is 0 Å². The fraction of sp³-hybridized carbons (Fsp3) is 0. The summed E-state index contributed by atoms with van der Waals surface area (Å²) in [6.07, 6.45) is 0. The molecule has 0 saturated heterocycles. The quantitative estimate of drug-likeness (QED) is 0.591. The Morgan fingerprint density at radius 3 is 1.86 bits per heavy atom. The molecular weight excluding hydrogens is 378 g/mol. The minimum Gasteiger partial charge on any atom is -0.322 e. The van der Waals surface area contributed by atoms with Gasteiger partial charge in [0.15, 0.2) is 0 Å². The van der Waals surface area contributed by atoms with Gasteiger partial charge < -0.3 is 5.32 Å². The first kappa shape index (κ1) is 19.1. The fourth-order valence-corrected chi connectivity index (χ4v) is 2.52. The van der Waals surface area contributed by atoms with Gasteiger partial charge in [-0.15, -0.1) is 0 Å². The van der Waals surface area contributed by atoms with Crippen molar-refractivity contribution in [3.63, 3.8) is 0 Å². The molecule has 0 radical (unpaired) electrons. The lowest BCUT2D eigenvalue weighted by Gasteiger charge is -2.09. The molecule has 0 saturated carbocycles. The molecule has 3 N–H and O–H groups in total. The maximum atomic E-state index is 12.3. The molecule has 0 fully saturated rings. The smallest absolute Gasteiger partial charge is 0.269 e. The number of hydrogen-bond donors (Lipinski definition) is 3. The van der Waals surface area contributed by atoms with Gasteiger partial charge in [0.25, 0.3) is 17.7 Å². The van der Waals surface area contributed by atoms with Gasteiger partial charge in [-0.3, -0.25) is 25.2 Å². The van der Waals surface area contributed by atoms with E-state index in [9.17, 15) is 14.4 Å². The third-order valence-electron chi connectivity index (χ3n) is 3.81. The predicted molar refractivity (Wildman–Crippen MR) is 107 cm³/mol. The summed E-state index contributed by atoms with van der Waals surface area (Å²) in [6, 6.07) is 21.4. The standard InChI is InChI=1S/C21H16ClN3O3/c22-17-11-9-15(10-12-17)20(27)24-25-21(28)16-7-4-8-18(13-16)23-19(26)14-5-2-1-3-6-14/h1-13H,(H,23,26)(H,24,27)(H,25,28). The van der Waals surface area contributed by atoms with Crippen LogP contribution in [0.5, 0.6) is 0 Å². The Hall–Kier alpha value is -3.64. The second kappa shape index (κ2) is 8.83. The lowest BCUT2D eigenvalue weighted by Crippen LogP contribution is -2.41. The monoisotopic (exact) mass is 393 g/mol. The van der Waals surface area contributed by atoms with Crippen molar-refractivity contribution in [2.75, 3.05) is 5.32 Å². The van der Waals surface area contributed by atoms with Gasteiger partial charge in [0.1, 0.15) is 0 Å². The van der Waals surface area contributed by atoms with Gasteiger partial charge >= 0.3 is 0 Å².